The van der Waals surface area contributed by atoms with Gasteiger partial charge in [-0.3, -0.25) is 4.79 Å². The Balaban J connectivity index is 0. The van der Waals surface area contributed by atoms with Crippen LogP contribution >= 0.6 is 0 Å². The molecular weight excluding hydrogens is 317 g/mol. The van der Waals surface area contributed by atoms with Crippen LogP contribution in [-0.4, -0.2) is 78.1 Å². The molecule has 0 aromatic carbocycles. The van der Waals surface area contributed by atoms with E-state index in [0.717, 1.165) is 12.8 Å². The van der Waals surface area contributed by atoms with E-state index in [0.29, 0.717) is 6.42 Å². The topological polar surface area (TPSA) is 86.5 Å². The van der Waals surface area contributed by atoms with Crippen molar-refractivity contribution in [3.8, 4) is 0 Å². The van der Waals surface area contributed by atoms with Gasteiger partial charge in [0.1, 0.15) is 0 Å². The van der Waals surface area contributed by atoms with Crippen LogP contribution in [0.5, 0.6) is 0 Å². The summed E-state index contributed by atoms with van der Waals surface area (Å²) in [5.41, 5.74) is 5.12. The minimum atomic E-state index is -3.77. The zero-order chi connectivity index (χ0) is 15.3. The van der Waals surface area contributed by atoms with E-state index in [1.54, 1.807) is 0 Å². The molecule has 0 spiro atoms. The molecule has 0 aliphatic carbocycles. The van der Waals surface area contributed by atoms with Crippen molar-refractivity contribution >= 4 is 67.5 Å². The van der Waals surface area contributed by atoms with Crippen molar-refractivity contribution < 1.29 is 17.4 Å². The van der Waals surface area contributed by atoms with Gasteiger partial charge in [0.25, 0.3) is 0 Å². The summed E-state index contributed by atoms with van der Waals surface area (Å²) >= 11 is 0. The fourth-order valence-corrected chi connectivity index (χ4v) is 2.69. The van der Waals surface area contributed by atoms with E-state index in [-0.39, 0.29) is 70.1 Å². The Bertz CT molecular complexity index is 347. The molecule has 0 amide bonds. The predicted octanol–water partition coefficient (Wildman–Crippen LogP) is 2.36. The summed E-state index contributed by atoms with van der Waals surface area (Å²) in [6, 6.07) is 0. The maximum absolute atomic E-state index is 11.3. The van der Waals surface area contributed by atoms with E-state index >= 15 is 0 Å². The maximum atomic E-state index is 11.3. The molecule has 5 nitrogen and oxygen atoms in total. The van der Waals surface area contributed by atoms with Crippen molar-refractivity contribution in [2.24, 2.45) is 5.73 Å². The first-order chi connectivity index (χ1) is 9.52. The molecule has 0 aromatic rings. The van der Waals surface area contributed by atoms with E-state index in [1.807, 2.05) is 0 Å². The van der Waals surface area contributed by atoms with Crippen LogP contribution in [0.25, 0.3) is 0 Å². The Morgan fingerprint density at radius 1 is 0.952 bits per heavy atom. The van der Waals surface area contributed by atoms with Crippen LogP contribution in [0.2, 0.25) is 0 Å². The SMILES string of the molecule is CCCCCCCCCCCC(=O)OS(=O)(=O)CCN.[K]. The average molecular weight is 347 g/mol. The molecule has 0 saturated carbocycles. The predicted molar refractivity (Wildman–Crippen MR) is 86.5 cm³/mol. The first kappa shape index (κ1) is 24.3. The Labute approximate surface area is 172 Å². The molecule has 0 bridgehead atoms. The second-order valence-corrected chi connectivity index (χ2v) is 6.77. The van der Waals surface area contributed by atoms with E-state index in [1.165, 1.54) is 38.5 Å². The molecule has 0 aliphatic heterocycles. The van der Waals surface area contributed by atoms with Crippen LogP contribution in [-0.2, 0) is 19.1 Å². The summed E-state index contributed by atoms with van der Waals surface area (Å²) < 4.78 is 26.8. The molecule has 0 saturated heterocycles. The summed E-state index contributed by atoms with van der Waals surface area (Å²) in [6.07, 6.45) is 10.5. The van der Waals surface area contributed by atoms with Gasteiger partial charge in [-0.2, -0.15) is 8.42 Å². The van der Waals surface area contributed by atoms with Gasteiger partial charge >= 0.3 is 16.1 Å². The molecule has 0 heterocycles. The first-order valence-electron chi connectivity index (χ1n) is 7.67. The minimum absolute atomic E-state index is 0. The molecule has 1 radical (unpaired) electrons. The van der Waals surface area contributed by atoms with Crippen molar-refractivity contribution in [1.82, 2.24) is 0 Å². The fourth-order valence-electron chi connectivity index (χ4n) is 1.95. The third kappa shape index (κ3) is 17.2. The van der Waals surface area contributed by atoms with Crippen LogP contribution in [0.3, 0.4) is 0 Å². The van der Waals surface area contributed by atoms with E-state index < -0.39 is 16.1 Å². The second-order valence-electron chi connectivity index (χ2n) is 5.08. The van der Waals surface area contributed by atoms with Crippen LogP contribution in [0, 0.1) is 0 Å². The summed E-state index contributed by atoms with van der Waals surface area (Å²) in [6.45, 7) is 2.17. The van der Waals surface area contributed by atoms with E-state index in [4.69, 9.17) is 5.73 Å². The molecule has 21 heavy (non-hydrogen) atoms. The molecule has 121 valence electrons. The minimum Gasteiger partial charge on any atom is -0.346 e. The van der Waals surface area contributed by atoms with Crippen molar-refractivity contribution in [2.45, 2.75) is 71.1 Å². The second kappa shape index (κ2) is 15.9. The molecular formula is C14H29KNO4S. The molecule has 0 aromatic heterocycles. The normalized spacial score (nSPS) is 11.0. The van der Waals surface area contributed by atoms with E-state index in [2.05, 4.69) is 11.1 Å². The molecule has 7 heteroatoms. The molecule has 0 fully saturated rings. The molecule has 0 aliphatic rings. The quantitative estimate of drug-likeness (QED) is 0.314. The van der Waals surface area contributed by atoms with Gasteiger partial charge in [-0.05, 0) is 6.42 Å². The number of hydrogen-bond donors (Lipinski definition) is 1. The molecule has 2 N–H and O–H groups in total. The van der Waals surface area contributed by atoms with Crippen molar-refractivity contribution in [2.75, 3.05) is 12.3 Å². The number of hydrogen-bond acceptors (Lipinski definition) is 5. The third-order valence-corrected chi connectivity index (χ3v) is 4.25. The summed E-state index contributed by atoms with van der Waals surface area (Å²) in [5.74, 6) is -0.974. The smallest absolute Gasteiger partial charge is 0.322 e. The summed E-state index contributed by atoms with van der Waals surface area (Å²) in [5, 5.41) is 0. The average Bonchev–Trinajstić information content (AvgIpc) is 2.36. The first-order valence-corrected chi connectivity index (χ1v) is 9.24. The van der Waals surface area contributed by atoms with Crippen molar-refractivity contribution in [1.29, 1.82) is 0 Å². The van der Waals surface area contributed by atoms with Gasteiger partial charge in [0.2, 0.25) is 0 Å². The maximum Gasteiger partial charge on any atom is 0.322 e. The number of nitrogens with two attached hydrogens (primary N) is 1. The third-order valence-electron chi connectivity index (χ3n) is 3.07. The zero-order valence-electron chi connectivity index (χ0n) is 13.6. The largest absolute Gasteiger partial charge is 0.346 e. The zero-order valence-corrected chi connectivity index (χ0v) is 17.5. The monoisotopic (exact) mass is 346 g/mol. The van der Waals surface area contributed by atoms with Crippen LogP contribution < -0.4 is 5.73 Å². The Hall–Kier alpha value is 1.02. The van der Waals surface area contributed by atoms with Gasteiger partial charge in [0.15, 0.2) is 0 Å². The molecule has 0 rings (SSSR count). The Morgan fingerprint density at radius 3 is 1.90 bits per heavy atom. The molecule has 0 unspecified atom stereocenters. The van der Waals surface area contributed by atoms with Gasteiger partial charge in [0, 0.05) is 64.4 Å². The number of unbranched alkanes of at least 4 members (excludes halogenated alkanes) is 8. The van der Waals surface area contributed by atoms with E-state index in [9.17, 15) is 13.2 Å². The van der Waals surface area contributed by atoms with Crippen LogP contribution in [0.1, 0.15) is 71.1 Å². The fraction of sp³-hybridized carbons (Fsp3) is 0.929. The summed E-state index contributed by atoms with van der Waals surface area (Å²) in [4.78, 5) is 11.3. The van der Waals surface area contributed by atoms with Crippen LogP contribution in [0.15, 0.2) is 0 Å². The van der Waals surface area contributed by atoms with Crippen LogP contribution in [0.4, 0.5) is 0 Å². The Morgan fingerprint density at radius 2 is 1.43 bits per heavy atom. The van der Waals surface area contributed by atoms with Gasteiger partial charge in [-0.1, -0.05) is 58.3 Å². The van der Waals surface area contributed by atoms with Gasteiger partial charge in [-0.25, -0.2) is 0 Å². The van der Waals surface area contributed by atoms with Gasteiger partial charge < -0.3 is 9.92 Å². The number of carbonyl (C=O) groups is 1. The Kier molecular flexibility index (Phi) is 18.4. The van der Waals surface area contributed by atoms with Crippen molar-refractivity contribution in [3.05, 3.63) is 0 Å². The molecule has 0 atom stereocenters. The van der Waals surface area contributed by atoms with Gasteiger partial charge in [0.05, 0.1) is 5.75 Å². The van der Waals surface area contributed by atoms with Crippen molar-refractivity contribution in [3.63, 3.8) is 0 Å². The van der Waals surface area contributed by atoms with Gasteiger partial charge in [-0.15, -0.1) is 0 Å². The summed E-state index contributed by atoms with van der Waals surface area (Å²) in [7, 11) is -3.77. The standard InChI is InChI=1S/C14H29NO4S.K/c1-2-3-4-5-6-7-8-9-10-11-14(16)19-20(17,18)13-12-15;/h2-13,15H2,1H3;. The number of rotatable bonds is 13. The number of carbonyl (C=O) groups excluding carboxylic acids is 1.